The van der Waals surface area contributed by atoms with Gasteiger partial charge in [0.25, 0.3) is 0 Å². The fourth-order valence-electron chi connectivity index (χ4n) is 1.31. The van der Waals surface area contributed by atoms with Gasteiger partial charge in [0.15, 0.2) is 4.34 Å². The minimum atomic E-state index is 0.934. The summed E-state index contributed by atoms with van der Waals surface area (Å²) >= 11 is 4.61. The number of aromatic nitrogens is 3. The molecule has 70 valence electrons. The van der Waals surface area contributed by atoms with Crippen LogP contribution < -0.4 is 0 Å². The smallest absolute Gasteiger partial charge is 0.150 e. The molecule has 0 spiro atoms. The van der Waals surface area contributed by atoms with Crippen molar-refractivity contribution in [3.8, 4) is 0 Å². The van der Waals surface area contributed by atoms with Crippen LogP contribution in [-0.4, -0.2) is 20.0 Å². The lowest BCUT2D eigenvalue weighted by Gasteiger charge is -1.86. The first kappa shape index (κ1) is 8.58. The van der Waals surface area contributed by atoms with Crippen LogP contribution >= 0.6 is 34.8 Å². The molecule has 1 aromatic carbocycles. The number of rotatable bonds is 1. The SMILES string of the molecule is CSc1nc2c(ccc3nsnc32)s1. The molecule has 3 nitrogen and oxygen atoms in total. The molecule has 0 amide bonds. The Morgan fingerprint density at radius 2 is 2.14 bits per heavy atom. The van der Waals surface area contributed by atoms with Crippen molar-refractivity contribution in [3.05, 3.63) is 12.1 Å². The maximum absolute atomic E-state index is 4.52. The van der Waals surface area contributed by atoms with E-state index in [4.69, 9.17) is 0 Å². The average Bonchev–Trinajstić information content (AvgIpc) is 2.82. The second-order valence-electron chi connectivity index (χ2n) is 2.73. The predicted octanol–water partition coefficient (Wildman–Crippen LogP) is 3.02. The van der Waals surface area contributed by atoms with Crippen LogP contribution in [0.1, 0.15) is 0 Å². The first-order chi connectivity index (χ1) is 6.88. The zero-order chi connectivity index (χ0) is 9.54. The van der Waals surface area contributed by atoms with Crippen LogP contribution in [0.3, 0.4) is 0 Å². The van der Waals surface area contributed by atoms with Crippen molar-refractivity contribution >= 4 is 56.1 Å². The third-order valence-electron chi connectivity index (χ3n) is 1.94. The molecule has 6 heteroatoms. The summed E-state index contributed by atoms with van der Waals surface area (Å²) in [5, 5.41) is 0. The summed E-state index contributed by atoms with van der Waals surface area (Å²) in [6.07, 6.45) is 2.04. The Bertz CT molecular complexity index is 598. The lowest BCUT2D eigenvalue weighted by atomic mass is 10.3. The van der Waals surface area contributed by atoms with Gasteiger partial charge in [-0.15, -0.1) is 11.3 Å². The number of nitrogens with zero attached hydrogens (tertiary/aromatic N) is 3. The molecular formula is C8H5N3S3. The summed E-state index contributed by atoms with van der Waals surface area (Å²) in [5.41, 5.74) is 2.87. The Morgan fingerprint density at radius 3 is 3.00 bits per heavy atom. The Balaban J connectivity index is 2.49. The van der Waals surface area contributed by atoms with E-state index in [2.05, 4.69) is 19.8 Å². The molecule has 0 saturated carbocycles. The number of hydrogen-bond donors (Lipinski definition) is 0. The number of fused-ring (bicyclic) bond motifs is 3. The van der Waals surface area contributed by atoms with E-state index in [1.807, 2.05) is 12.3 Å². The van der Waals surface area contributed by atoms with E-state index in [9.17, 15) is 0 Å². The molecule has 0 bridgehead atoms. The van der Waals surface area contributed by atoms with Gasteiger partial charge >= 0.3 is 0 Å². The van der Waals surface area contributed by atoms with Crippen molar-refractivity contribution in [1.82, 2.24) is 13.7 Å². The monoisotopic (exact) mass is 239 g/mol. The molecule has 3 aromatic rings. The number of thioether (sulfide) groups is 1. The standard InChI is InChI=1S/C8H5N3S3/c1-12-8-9-7-5(13-8)3-2-4-6(7)11-14-10-4/h2-3H,1H3. The number of thiazole rings is 1. The van der Waals surface area contributed by atoms with Crippen LogP contribution in [0.5, 0.6) is 0 Å². The molecule has 0 radical (unpaired) electrons. The van der Waals surface area contributed by atoms with E-state index in [-0.39, 0.29) is 0 Å². The van der Waals surface area contributed by atoms with E-state index in [0.717, 1.165) is 20.9 Å². The van der Waals surface area contributed by atoms with Gasteiger partial charge in [0.2, 0.25) is 0 Å². The highest BCUT2D eigenvalue weighted by Gasteiger charge is 2.09. The number of benzene rings is 1. The molecule has 0 unspecified atom stereocenters. The third kappa shape index (κ3) is 1.14. The van der Waals surface area contributed by atoms with Crippen molar-refractivity contribution in [2.75, 3.05) is 6.26 Å². The Labute approximate surface area is 92.5 Å². The molecule has 3 rings (SSSR count). The molecule has 14 heavy (non-hydrogen) atoms. The van der Waals surface area contributed by atoms with Crippen LogP contribution in [-0.2, 0) is 0 Å². The summed E-state index contributed by atoms with van der Waals surface area (Å²) in [5.74, 6) is 0. The highest BCUT2D eigenvalue weighted by atomic mass is 32.2. The molecule has 0 aliphatic rings. The summed E-state index contributed by atoms with van der Waals surface area (Å²) in [4.78, 5) is 4.52. The van der Waals surface area contributed by atoms with Gasteiger partial charge in [-0.3, -0.25) is 0 Å². The molecule has 0 N–H and O–H groups in total. The van der Waals surface area contributed by atoms with Gasteiger partial charge in [-0.2, -0.15) is 8.75 Å². The second-order valence-corrected chi connectivity index (χ2v) is 5.34. The molecule has 2 heterocycles. The summed E-state index contributed by atoms with van der Waals surface area (Å²) in [7, 11) is 0. The van der Waals surface area contributed by atoms with Crippen LogP contribution in [0.4, 0.5) is 0 Å². The molecular weight excluding hydrogens is 234 g/mol. The molecule has 0 aliphatic carbocycles. The van der Waals surface area contributed by atoms with Crippen molar-refractivity contribution < 1.29 is 0 Å². The van der Waals surface area contributed by atoms with Gasteiger partial charge in [-0.05, 0) is 18.4 Å². The maximum atomic E-state index is 4.52. The topological polar surface area (TPSA) is 38.7 Å². The third-order valence-corrected chi connectivity index (χ3v) is 4.49. The van der Waals surface area contributed by atoms with Crippen molar-refractivity contribution in [2.24, 2.45) is 0 Å². The minimum Gasteiger partial charge on any atom is -0.227 e. The van der Waals surface area contributed by atoms with Gasteiger partial charge in [0, 0.05) is 0 Å². The van der Waals surface area contributed by atoms with Gasteiger partial charge in [-0.25, -0.2) is 4.98 Å². The van der Waals surface area contributed by atoms with Crippen LogP contribution in [0.25, 0.3) is 21.3 Å². The van der Waals surface area contributed by atoms with E-state index in [1.165, 1.54) is 16.4 Å². The molecule has 0 fully saturated rings. The lowest BCUT2D eigenvalue weighted by molar-refractivity contribution is 1.31. The van der Waals surface area contributed by atoms with E-state index in [1.54, 1.807) is 23.1 Å². The van der Waals surface area contributed by atoms with Gasteiger partial charge in [0.1, 0.15) is 16.6 Å². The molecule has 0 saturated heterocycles. The van der Waals surface area contributed by atoms with E-state index >= 15 is 0 Å². The largest absolute Gasteiger partial charge is 0.227 e. The average molecular weight is 239 g/mol. The Hall–Kier alpha value is -0.720. The van der Waals surface area contributed by atoms with Gasteiger partial charge < -0.3 is 0 Å². The van der Waals surface area contributed by atoms with E-state index < -0.39 is 0 Å². The lowest BCUT2D eigenvalue weighted by Crippen LogP contribution is -1.72. The zero-order valence-corrected chi connectivity index (χ0v) is 9.67. The van der Waals surface area contributed by atoms with Crippen LogP contribution in [0.15, 0.2) is 16.5 Å². The highest BCUT2D eigenvalue weighted by molar-refractivity contribution is 8.00. The van der Waals surface area contributed by atoms with Crippen LogP contribution in [0.2, 0.25) is 0 Å². The summed E-state index contributed by atoms with van der Waals surface area (Å²) in [6.45, 7) is 0. The minimum absolute atomic E-state index is 0.934. The predicted molar refractivity (Wildman–Crippen MR) is 62.4 cm³/mol. The fourth-order valence-corrected chi connectivity index (χ4v) is 3.33. The fraction of sp³-hybridized carbons (Fsp3) is 0.125. The van der Waals surface area contributed by atoms with Gasteiger partial charge in [-0.1, -0.05) is 11.8 Å². The van der Waals surface area contributed by atoms with Crippen molar-refractivity contribution in [2.45, 2.75) is 4.34 Å². The Morgan fingerprint density at radius 1 is 1.21 bits per heavy atom. The second kappa shape index (κ2) is 3.15. The Kier molecular flexibility index (Phi) is 1.93. The first-order valence-corrected chi connectivity index (χ1v) is 6.71. The number of hydrogen-bond acceptors (Lipinski definition) is 6. The van der Waals surface area contributed by atoms with Crippen LogP contribution in [0, 0.1) is 0 Å². The first-order valence-electron chi connectivity index (χ1n) is 3.94. The summed E-state index contributed by atoms with van der Waals surface area (Å²) in [6, 6.07) is 4.07. The molecule has 0 atom stereocenters. The van der Waals surface area contributed by atoms with E-state index in [0.29, 0.717) is 0 Å². The normalized spacial score (nSPS) is 11.5. The molecule has 2 aromatic heterocycles. The summed E-state index contributed by atoms with van der Waals surface area (Å²) < 4.78 is 10.7. The van der Waals surface area contributed by atoms with Gasteiger partial charge in [0.05, 0.1) is 16.4 Å². The quantitative estimate of drug-likeness (QED) is 0.612. The zero-order valence-electron chi connectivity index (χ0n) is 7.22. The highest BCUT2D eigenvalue weighted by Crippen LogP contribution is 2.31. The maximum Gasteiger partial charge on any atom is 0.150 e. The van der Waals surface area contributed by atoms with Crippen molar-refractivity contribution in [3.63, 3.8) is 0 Å². The molecule has 0 aliphatic heterocycles. The van der Waals surface area contributed by atoms with Crippen molar-refractivity contribution in [1.29, 1.82) is 0 Å².